The molecule has 3 aromatic rings. The minimum absolute atomic E-state index is 0.278. The van der Waals surface area contributed by atoms with Crippen LogP contribution in [-0.4, -0.2) is 26.1 Å². The highest BCUT2D eigenvalue weighted by Crippen LogP contribution is 2.22. The molecule has 7 heteroatoms. The second kappa shape index (κ2) is 6.07. The molecule has 3 aromatic heterocycles. The highest BCUT2D eigenvalue weighted by atomic mass is 32.1. The summed E-state index contributed by atoms with van der Waals surface area (Å²) in [5.74, 6) is 0.550. The molecule has 0 aliphatic rings. The molecule has 0 aliphatic heterocycles. The number of rotatable bonds is 4. The van der Waals surface area contributed by atoms with Crippen molar-refractivity contribution in [3.63, 3.8) is 0 Å². The molecule has 0 aromatic carbocycles. The lowest BCUT2D eigenvalue weighted by Gasteiger charge is -1.98. The number of hydrogen-bond acceptors (Lipinski definition) is 5. The summed E-state index contributed by atoms with van der Waals surface area (Å²) in [7, 11) is 0. The van der Waals surface area contributed by atoms with Crippen molar-refractivity contribution in [1.82, 2.24) is 20.2 Å². The highest BCUT2D eigenvalue weighted by molar-refractivity contribution is 7.13. The molecule has 0 fully saturated rings. The summed E-state index contributed by atoms with van der Waals surface area (Å²) in [6.07, 6.45) is 1.70. The van der Waals surface area contributed by atoms with Gasteiger partial charge in [-0.05, 0) is 18.1 Å². The van der Waals surface area contributed by atoms with Gasteiger partial charge in [0.05, 0.1) is 5.69 Å². The van der Waals surface area contributed by atoms with Crippen LogP contribution in [0.1, 0.15) is 35.9 Å². The van der Waals surface area contributed by atoms with Gasteiger partial charge in [0.15, 0.2) is 5.82 Å². The van der Waals surface area contributed by atoms with Crippen molar-refractivity contribution in [3.8, 4) is 10.7 Å². The first-order valence-electron chi connectivity index (χ1n) is 6.87. The highest BCUT2D eigenvalue weighted by Gasteiger charge is 2.14. The monoisotopic (exact) mass is 313 g/mol. The van der Waals surface area contributed by atoms with E-state index in [4.69, 9.17) is 0 Å². The van der Waals surface area contributed by atoms with Gasteiger partial charge >= 0.3 is 0 Å². The van der Waals surface area contributed by atoms with E-state index < -0.39 is 0 Å². The van der Waals surface area contributed by atoms with Crippen LogP contribution in [0.4, 0.5) is 5.82 Å². The van der Waals surface area contributed by atoms with Crippen LogP contribution in [0, 0.1) is 0 Å². The lowest BCUT2D eigenvalue weighted by Crippen LogP contribution is -2.12. The SMILES string of the molecule is CC(C)c1cc(NC(=O)c2csc(-c3ccccn3)n2)n[nH]1. The fraction of sp³-hybridized carbons (Fsp3) is 0.200. The topological polar surface area (TPSA) is 83.6 Å². The van der Waals surface area contributed by atoms with E-state index in [1.54, 1.807) is 11.6 Å². The first-order chi connectivity index (χ1) is 10.6. The van der Waals surface area contributed by atoms with Gasteiger partial charge in [0.25, 0.3) is 5.91 Å². The molecule has 3 rings (SSSR count). The standard InChI is InChI=1S/C15H15N5OS/c1-9(2)11-7-13(20-19-11)18-14(21)12-8-22-15(17-12)10-5-3-4-6-16-10/h3-9H,1-2H3,(H2,18,19,20,21). The molecule has 0 atom stereocenters. The smallest absolute Gasteiger partial charge is 0.276 e. The van der Waals surface area contributed by atoms with Crippen molar-refractivity contribution in [2.24, 2.45) is 0 Å². The third-order valence-electron chi connectivity index (χ3n) is 3.08. The number of nitrogens with one attached hydrogen (secondary N) is 2. The number of carbonyl (C=O) groups excluding carboxylic acids is 1. The second-order valence-electron chi connectivity index (χ2n) is 5.07. The zero-order valence-electron chi connectivity index (χ0n) is 12.2. The molecule has 0 saturated heterocycles. The third kappa shape index (κ3) is 3.04. The van der Waals surface area contributed by atoms with Crippen LogP contribution in [0.2, 0.25) is 0 Å². The van der Waals surface area contributed by atoms with E-state index in [1.165, 1.54) is 11.3 Å². The van der Waals surface area contributed by atoms with Crippen LogP contribution in [-0.2, 0) is 0 Å². The number of H-pyrrole nitrogens is 1. The molecule has 0 bridgehead atoms. The Hall–Kier alpha value is -2.54. The Balaban J connectivity index is 1.74. The van der Waals surface area contributed by atoms with Crippen LogP contribution in [0.25, 0.3) is 10.7 Å². The first kappa shape index (κ1) is 14.4. The maximum Gasteiger partial charge on any atom is 0.276 e. The van der Waals surface area contributed by atoms with Gasteiger partial charge in [-0.3, -0.25) is 14.9 Å². The number of pyridine rings is 1. The molecule has 112 valence electrons. The summed E-state index contributed by atoms with van der Waals surface area (Å²) >= 11 is 1.39. The van der Waals surface area contributed by atoms with Crippen LogP contribution in [0.15, 0.2) is 35.8 Å². The number of amides is 1. The van der Waals surface area contributed by atoms with Gasteiger partial charge < -0.3 is 5.32 Å². The van der Waals surface area contributed by atoms with E-state index >= 15 is 0 Å². The second-order valence-corrected chi connectivity index (χ2v) is 5.93. The average Bonchev–Trinajstić information content (AvgIpc) is 3.17. The number of nitrogens with zero attached hydrogens (tertiary/aromatic N) is 3. The van der Waals surface area contributed by atoms with Crippen molar-refractivity contribution in [1.29, 1.82) is 0 Å². The van der Waals surface area contributed by atoms with Crippen molar-refractivity contribution < 1.29 is 4.79 Å². The van der Waals surface area contributed by atoms with E-state index in [-0.39, 0.29) is 5.91 Å². The number of thiazole rings is 1. The lowest BCUT2D eigenvalue weighted by atomic mass is 10.1. The molecule has 0 spiro atoms. The molecule has 0 aliphatic carbocycles. The quantitative estimate of drug-likeness (QED) is 0.774. The van der Waals surface area contributed by atoms with Crippen molar-refractivity contribution in [2.75, 3.05) is 5.32 Å². The minimum atomic E-state index is -0.278. The van der Waals surface area contributed by atoms with Crippen LogP contribution < -0.4 is 5.32 Å². The number of aromatic nitrogens is 4. The lowest BCUT2D eigenvalue weighted by molar-refractivity contribution is 0.102. The minimum Gasteiger partial charge on any atom is -0.304 e. The Morgan fingerprint density at radius 2 is 2.23 bits per heavy atom. The Bertz CT molecular complexity index is 778. The van der Waals surface area contributed by atoms with Crippen LogP contribution in [0.3, 0.4) is 0 Å². The average molecular weight is 313 g/mol. The van der Waals surface area contributed by atoms with Gasteiger partial charge in [0.2, 0.25) is 0 Å². The summed E-state index contributed by atoms with van der Waals surface area (Å²) in [5, 5.41) is 12.2. The molecular formula is C15H15N5OS. The molecular weight excluding hydrogens is 298 g/mol. The Morgan fingerprint density at radius 3 is 2.91 bits per heavy atom. The summed E-state index contributed by atoms with van der Waals surface area (Å²) in [6, 6.07) is 7.42. The zero-order chi connectivity index (χ0) is 15.5. The fourth-order valence-corrected chi connectivity index (χ4v) is 2.64. The maximum atomic E-state index is 12.2. The predicted octanol–water partition coefficient (Wildman–Crippen LogP) is 3.30. The van der Waals surface area contributed by atoms with Crippen LogP contribution in [0.5, 0.6) is 0 Å². The van der Waals surface area contributed by atoms with E-state index in [0.717, 1.165) is 16.4 Å². The van der Waals surface area contributed by atoms with Gasteiger partial charge in [-0.15, -0.1) is 11.3 Å². The van der Waals surface area contributed by atoms with E-state index in [2.05, 4.69) is 39.3 Å². The van der Waals surface area contributed by atoms with Gasteiger partial charge in [0, 0.05) is 23.3 Å². The molecule has 0 saturated carbocycles. The largest absolute Gasteiger partial charge is 0.304 e. The van der Waals surface area contributed by atoms with Crippen LogP contribution >= 0.6 is 11.3 Å². The predicted molar refractivity (Wildman–Crippen MR) is 86.0 cm³/mol. The summed E-state index contributed by atoms with van der Waals surface area (Å²) in [5.41, 5.74) is 2.09. The maximum absolute atomic E-state index is 12.2. The number of hydrogen-bond donors (Lipinski definition) is 2. The summed E-state index contributed by atoms with van der Waals surface area (Å²) in [4.78, 5) is 20.7. The number of aromatic amines is 1. The number of anilines is 1. The van der Waals surface area contributed by atoms with Gasteiger partial charge in [-0.2, -0.15) is 5.10 Å². The molecule has 2 N–H and O–H groups in total. The normalized spacial score (nSPS) is 10.9. The third-order valence-corrected chi connectivity index (χ3v) is 3.95. The van der Waals surface area contributed by atoms with Crippen molar-refractivity contribution in [3.05, 3.63) is 47.2 Å². The van der Waals surface area contributed by atoms with E-state index in [1.807, 2.05) is 24.3 Å². The van der Waals surface area contributed by atoms with Gasteiger partial charge in [-0.1, -0.05) is 19.9 Å². The van der Waals surface area contributed by atoms with Crippen molar-refractivity contribution in [2.45, 2.75) is 19.8 Å². The Labute approximate surface area is 131 Å². The Morgan fingerprint density at radius 1 is 1.36 bits per heavy atom. The molecule has 3 heterocycles. The van der Waals surface area contributed by atoms with Gasteiger partial charge in [0.1, 0.15) is 10.7 Å². The molecule has 6 nitrogen and oxygen atoms in total. The fourth-order valence-electron chi connectivity index (χ4n) is 1.86. The molecule has 1 amide bonds. The molecule has 0 unspecified atom stereocenters. The molecule has 0 radical (unpaired) electrons. The molecule has 22 heavy (non-hydrogen) atoms. The number of carbonyl (C=O) groups is 1. The van der Waals surface area contributed by atoms with Gasteiger partial charge in [-0.25, -0.2) is 4.98 Å². The summed E-state index contributed by atoms with van der Waals surface area (Å²) in [6.45, 7) is 4.11. The summed E-state index contributed by atoms with van der Waals surface area (Å²) < 4.78 is 0. The zero-order valence-corrected chi connectivity index (χ0v) is 13.0. The Kier molecular flexibility index (Phi) is 3.97. The van der Waals surface area contributed by atoms with E-state index in [0.29, 0.717) is 17.4 Å². The first-order valence-corrected chi connectivity index (χ1v) is 7.75. The van der Waals surface area contributed by atoms with Crippen molar-refractivity contribution >= 4 is 23.1 Å². The van der Waals surface area contributed by atoms with E-state index in [9.17, 15) is 4.79 Å².